The summed E-state index contributed by atoms with van der Waals surface area (Å²) in [5, 5.41) is 28.5. The molecule has 2 atom stereocenters. The molecule has 1 aliphatic heterocycles. The molecule has 16 nitrogen and oxygen atoms in total. The number of carboxylic acids is 1. The molecular weight excluding hydrogens is 540 g/mol. The van der Waals surface area contributed by atoms with Crippen LogP contribution in [-0.4, -0.2) is 83.0 Å². The van der Waals surface area contributed by atoms with Crippen LogP contribution >= 0.6 is 24.2 Å². The lowest BCUT2D eigenvalue weighted by Crippen LogP contribution is -2.69. The molecule has 1 saturated carbocycles. The van der Waals surface area contributed by atoms with Crippen molar-refractivity contribution in [1.82, 2.24) is 34.9 Å². The van der Waals surface area contributed by atoms with E-state index in [-0.39, 0.29) is 48.4 Å². The monoisotopic (exact) mass is 566 g/mol. The first-order chi connectivity index (χ1) is 18.1. The number of nitrogens with one attached hydrogen (secondary N) is 2. The molecule has 7 N–H and O–H groups in total. The van der Waals surface area contributed by atoms with Crippen LogP contribution in [0.2, 0.25) is 0 Å². The van der Waals surface area contributed by atoms with Crippen molar-refractivity contribution >= 4 is 58.7 Å². The zero-order valence-electron chi connectivity index (χ0n) is 19.9. The highest BCUT2D eigenvalue weighted by Gasteiger charge is 2.55. The molecule has 3 amide bonds. The molecule has 2 fully saturated rings. The molecule has 0 bridgehead atoms. The standard InChI is InChI=1S/C20H26N10O6S2/c21-5-1-2-13(31)23-6-10-7-24-29(27-10)8-12-15(17(33)30(12)37)26-16(32)14(11-9-38-19(22)25-11)28-36-20(3-4-20)18(34)35/h7,9,12,15,37H,1-6,8,21H2,(H2,22,25)(H,23,31)(H,26,32)(H,34,35)/b28-14-. The summed E-state index contributed by atoms with van der Waals surface area (Å²) in [7, 11) is 0. The van der Waals surface area contributed by atoms with Gasteiger partial charge in [0.15, 0.2) is 10.8 Å². The van der Waals surface area contributed by atoms with E-state index in [2.05, 4.69) is 43.8 Å². The minimum Gasteiger partial charge on any atom is -0.478 e. The van der Waals surface area contributed by atoms with Gasteiger partial charge in [0.25, 0.3) is 11.8 Å². The number of β-lactam (4-membered cyclic amide) rings is 1. The Morgan fingerprint density at radius 2 is 2.13 bits per heavy atom. The number of nitrogens with zero attached hydrogens (tertiary/aromatic N) is 6. The van der Waals surface area contributed by atoms with Crippen molar-refractivity contribution in [2.45, 2.75) is 56.5 Å². The first kappa shape index (κ1) is 27.3. The third-order valence-electron chi connectivity index (χ3n) is 5.87. The number of nitrogen functional groups attached to an aromatic ring is 1. The topological polar surface area (TPSA) is 233 Å². The van der Waals surface area contributed by atoms with Gasteiger partial charge < -0.3 is 32.0 Å². The van der Waals surface area contributed by atoms with E-state index in [0.29, 0.717) is 25.1 Å². The Morgan fingerprint density at radius 3 is 2.76 bits per heavy atom. The predicted octanol–water partition coefficient (Wildman–Crippen LogP) is -1.75. The Balaban J connectivity index is 1.41. The number of aromatic nitrogens is 4. The number of hydrogen-bond donors (Lipinski definition) is 6. The number of rotatable bonds is 13. The quantitative estimate of drug-likeness (QED) is 0.0688. The summed E-state index contributed by atoms with van der Waals surface area (Å²) < 4.78 is 1.14. The summed E-state index contributed by atoms with van der Waals surface area (Å²) in [5.74, 6) is -2.64. The molecule has 3 heterocycles. The first-order valence-corrected chi connectivity index (χ1v) is 12.8. The number of oxime groups is 1. The lowest BCUT2D eigenvalue weighted by molar-refractivity contribution is -0.153. The smallest absolute Gasteiger partial charge is 0.350 e. The fourth-order valence-corrected chi connectivity index (χ4v) is 4.36. The summed E-state index contributed by atoms with van der Waals surface area (Å²) in [6, 6.07) is -1.62. The number of carbonyl (C=O) groups excluding carboxylic acids is 3. The minimum atomic E-state index is -1.49. The summed E-state index contributed by atoms with van der Waals surface area (Å²) >= 11 is 5.23. The largest absolute Gasteiger partial charge is 0.478 e. The van der Waals surface area contributed by atoms with E-state index in [1.165, 1.54) is 16.4 Å². The summed E-state index contributed by atoms with van der Waals surface area (Å²) in [5.41, 5.74) is 9.84. The highest BCUT2D eigenvalue weighted by Crippen LogP contribution is 2.40. The van der Waals surface area contributed by atoms with Crippen molar-refractivity contribution in [2.24, 2.45) is 10.9 Å². The van der Waals surface area contributed by atoms with Crippen LogP contribution < -0.4 is 22.1 Å². The molecule has 1 aliphatic carbocycles. The van der Waals surface area contributed by atoms with Crippen molar-refractivity contribution in [3.63, 3.8) is 0 Å². The molecular formula is C20H26N10O6S2. The summed E-state index contributed by atoms with van der Waals surface area (Å²) in [6.07, 6.45) is 2.85. The average molecular weight is 567 g/mol. The van der Waals surface area contributed by atoms with Gasteiger partial charge in [0.05, 0.1) is 25.3 Å². The molecule has 18 heteroatoms. The van der Waals surface area contributed by atoms with Crippen LogP contribution in [0.25, 0.3) is 0 Å². The Kier molecular flexibility index (Phi) is 8.12. The molecule has 0 aromatic carbocycles. The molecule has 0 spiro atoms. The van der Waals surface area contributed by atoms with E-state index in [4.69, 9.17) is 16.3 Å². The Bertz CT molecular complexity index is 1260. The van der Waals surface area contributed by atoms with E-state index in [9.17, 15) is 24.3 Å². The third kappa shape index (κ3) is 6.03. The summed E-state index contributed by atoms with van der Waals surface area (Å²) in [6.45, 7) is 0.686. The van der Waals surface area contributed by atoms with Gasteiger partial charge in [0.1, 0.15) is 17.4 Å². The molecule has 2 aromatic heterocycles. The molecule has 38 heavy (non-hydrogen) atoms. The molecule has 204 valence electrons. The lowest BCUT2D eigenvalue weighted by atomic mass is 9.98. The SMILES string of the molecule is NCCCC(=O)NCc1cnn(CC2C(NC(=O)/C(=N\OC3(C(=O)O)CC3)c3csc(N)n3)C(=O)N2S)n1. The molecule has 2 aliphatic rings. The van der Waals surface area contributed by atoms with Gasteiger partial charge in [-0.05, 0) is 13.0 Å². The maximum atomic E-state index is 13.1. The summed E-state index contributed by atoms with van der Waals surface area (Å²) in [4.78, 5) is 59.3. The van der Waals surface area contributed by atoms with Crippen molar-refractivity contribution in [2.75, 3.05) is 12.3 Å². The van der Waals surface area contributed by atoms with Crippen LogP contribution in [0.1, 0.15) is 37.1 Å². The zero-order valence-corrected chi connectivity index (χ0v) is 21.7. The van der Waals surface area contributed by atoms with Gasteiger partial charge in [-0.15, -0.1) is 11.3 Å². The number of carboxylic acid groups (broad SMARTS) is 1. The number of thiazole rings is 1. The molecule has 2 aromatic rings. The van der Waals surface area contributed by atoms with E-state index in [1.807, 2.05) is 0 Å². The number of nitrogens with two attached hydrogens (primary N) is 2. The molecule has 1 saturated heterocycles. The Morgan fingerprint density at radius 1 is 1.37 bits per heavy atom. The zero-order chi connectivity index (χ0) is 27.4. The van der Waals surface area contributed by atoms with Crippen LogP contribution in [-0.2, 0) is 37.1 Å². The van der Waals surface area contributed by atoms with E-state index < -0.39 is 35.5 Å². The maximum Gasteiger partial charge on any atom is 0.350 e. The lowest BCUT2D eigenvalue weighted by Gasteiger charge is -2.43. The van der Waals surface area contributed by atoms with E-state index in [0.717, 1.165) is 15.6 Å². The minimum absolute atomic E-state index is 0.0733. The third-order valence-corrected chi connectivity index (χ3v) is 7.04. The van der Waals surface area contributed by atoms with Gasteiger partial charge in [-0.1, -0.05) is 18.0 Å². The highest BCUT2D eigenvalue weighted by molar-refractivity contribution is 7.78. The number of aliphatic carboxylic acids is 1. The van der Waals surface area contributed by atoms with Crippen molar-refractivity contribution in [3.8, 4) is 0 Å². The Hall–Kier alpha value is -3.77. The fourth-order valence-electron chi connectivity index (χ4n) is 3.48. The van der Waals surface area contributed by atoms with Crippen molar-refractivity contribution in [3.05, 3.63) is 23.0 Å². The van der Waals surface area contributed by atoms with E-state index >= 15 is 0 Å². The van der Waals surface area contributed by atoms with Gasteiger partial charge >= 0.3 is 5.97 Å². The molecule has 0 radical (unpaired) electrons. The molecule has 4 rings (SSSR count). The predicted molar refractivity (Wildman–Crippen MR) is 135 cm³/mol. The first-order valence-electron chi connectivity index (χ1n) is 11.5. The van der Waals surface area contributed by atoms with Crippen LogP contribution in [0, 0.1) is 0 Å². The highest BCUT2D eigenvalue weighted by atomic mass is 32.1. The van der Waals surface area contributed by atoms with Crippen molar-refractivity contribution < 1.29 is 29.1 Å². The van der Waals surface area contributed by atoms with Crippen LogP contribution in [0.5, 0.6) is 0 Å². The normalized spacial score (nSPS) is 20.0. The van der Waals surface area contributed by atoms with Gasteiger partial charge in [0, 0.05) is 24.6 Å². The molecule has 2 unspecified atom stereocenters. The van der Waals surface area contributed by atoms with E-state index in [1.54, 1.807) is 0 Å². The fraction of sp³-hybridized carbons (Fsp3) is 0.500. The number of anilines is 1. The number of amides is 3. The maximum absolute atomic E-state index is 13.1. The second-order valence-corrected chi connectivity index (χ2v) is 9.98. The van der Waals surface area contributed by atoms with Crippen molar-refractivity contribution in [1.29, 1.82) is 0 Å². The second kappa shape index (κ2) is 11.3. The van der Waals surface area contributed by atoms with Gasteiger partial charge in [-0.25, -0.2) is 9.78 Å². The van der Waals surface area contributed by atoms with Crippen LogP contribution in [0.4, 0.5) is 5.13 Å². The van der Waals surface area contributed by atoms with Gasteiger partial charge in [-0.2, -0.15) is 15.0 Å². The number of hydrogen-bond acceptors (Lipinski definition) is 13. The van der Waals surface area contributed by atoms with Crippen LogP contribution in [0.15, 0.2) is 16.7 Å². The second-order valence-electron chi connectivity index (χ2n) is 8.66. The van der Waals surface area contributed by atoms with Crippen LogP contribution in [0.3, 0.4) is 0 Å². The average Bonchev–Trinajstić information content (AvgIpc) is 3.36. The number of carbonyl (C=O) groups is 4. The van der Waals surface area contributed by atoms with Gasteiger partial charge in [-0.3, -0.25) is 18.7 Å². The Labute approximate surface area is 225 Å². The van der Waals surface area contributed by atoms with Gasteiger partial charge in [0.2, 0.25) is 11.5 Å². The number of thiol groups is 1.